The second-order valence-electron chi connectivity index (χ2n) is 9.06. The molecule has 0 heterocycles. The van der Waals surface area contributed by atoms with Crippen LogP contribution in [0.4, 0.5) is 0 Å². The van der Waals surface area contributed by atoms with Crippen LogP contribution in [-0.4, -0.2) is 13.2 Å². The van der Waals surface area contributed by atoms with E-state index in [-0.39, 0.29) is 5.41 Å². The Balaban J connectivity index is 1.64. The van der Waals surface area contributed by atoms with E-state index in [4.69, 9.17) is 4.74 Å². The summed E-state index contributed by atoms with van der Waals surface area (Å²) in [4.78, 5) is 0. The molecular formula is C27H40O. The maximum atomic E-state index is 6.15. The fraction of sp³-hybridized carbons (Fsp3) is 0.630. The molecule has 1 heteroatoms. The molecule has 0 radical (unpaired) electrons. The lowest BCUT2D eigenvalue weighted by atomic mass is 9.63. The van der Waals surface area contributed by atoms with Gasteiger partial charge in [0.05, 0.1) is 6.61 Å². The molecule has 1 nitrogen and oxygen atoms in total. The van der Waals surface area contributed by atoms with Crippen LogP contribution in [0.5, 0.6) is 0 Å². The Morgan fingerprint density at radius 3 is 2.39 bits per heavy atom. The summed E-state index contributed by atoms with van der Waals surface area (Å²) < 4.78 is 6.15. The summed E-state index contributed by atoms with van der Waals surface area (Å²) in [6.07, 6.45) is 20.8. The summed E-state index contributed by atoms with van der Waals surface area (Å²) in [5.41, 5.74) is 2.92. The normalized spacial score (nSPS) is 27.6. The number of unbranched alkanes of at least 4 members (excludes halogenated alkanes) is 2. The van der Waals surface area contributed by atoms with Crippen LogP contribution in [0.2, 0.25) is 0 Å². The van der Waals surface area contributed by atoms with Crippen LogP contribution in [0.25, 0.3) is 5.57 Å². The topological polar surface area (TPSA) is 9.23 Å². The Morgan fingerprint density at radius 2 is 1.75 bits per heavy atom. The average Bonchev–Trinajstić information content (AvgIpc) is 2.76. The van der Waals surface area contributed by atoms with Crippen molar-refractivity contribution in [2.75, 3.05) is 13.2 Å². The SMILES string of the molecule is CCCCCC1CCC(C2(COCCC)C=CC(c3ccccc3)=CC2)CC1. The molecule has 0 bridgehead atoms. The Kier molecular flexibility index (Phi) is 8.40. The predicted molar refractivity (Wildman–Crippen MR) is 121 cm³/mol. The highest BCUT2D eigenvalue weighted by molar-refractivity contribution is 5.75. The first-order chi connectivity index (χ1) is 13.8. The first kappa shape index (κ1) is 21.4. The third-order valence-corrected chi connectivity index (χ3v) is 7.00. The van der Waals surface area contributed by atoms with Crippen LogP contribution in [-0.2, 0) is 4.74 Å². The first-order valence-electron chi connectivity index (χ1n) is 11.8. The highest BCUT2D eigenvalue weighted by Crippen LogP contribution is 2.47. The zero-order valence-electron chi connectivity index (χ0n) is 18.2. The van der Waals surface area contributed by atoms with E-state index in [1.807, 2.05) is 0 Å². The molecule has 1 atom stereocenters. The van der Waals surface area contributed by atoms with Crippen molar-refractivity contribution < 1.29 is 4.74 Å². The number of allylic oxidation sites excluding steroid dienone is 3. The molecule has 2 aliphatic carbocycles. The monoisotopic (exact) mass is 380 g/mol. The molecule has 0 saturated heterocycles. The molecule has 3 rings (SSSR count). The zero-order chi connectivity index (χ0) is 19.7. The fourth-order valence-electron chi connectivity index (χ4n) is 5.18. The van der Waals surface area contributed by atoms with Gasteiger partial charge in [-0.2, -0.15) is 0 Å². The van der Waals surface area contributed by atoms with Crippen molar-refractivity contribution in [3.63, 3.8) is 0 Å². The molecule has 0 aliphatic heterocycles. The molecule has 0 aromatic heterocycles. The molecular weight excluding hydrogens is 340 g/mol. The van der Waals surface area contributed by atoms with Gasteiger partial charge < -0.3 is 4.74 Å². The molecule has 0 spiro atoms. The van der Waals surface area contributed by atoms with Gasteiger partial charge in [0, 0.05) is 12.0 Å². The van der Waals surface area contributed by atoms with E-state index in [1.54, 1.807) is 0 Å². The summed E-state index contributed by atoms with van der Waals surface area (Å²) in [6.45, 7) is 6.29. The van der Waals surface area contributed by atoms with Crippen molar-refractivity contribution in [2.45, 2.75) is 78.1 Å². The van der Waals surface area contributed by atoms with Gasteiger partial charge in [-0.05, 0) is 48.7 Å². The van der Waals surface area contributed by atoms with Gasteiger partial charge in [-0.25, -0.2) is 0 Å². The smallest absolute Gasteiger partial charge is 0.0562 e. The summed E-state index contributed by atoms with van der Waals surface area (Å²) >= 11 is 0. The van der Waals surface area contributed by atoms with Gasteiger partial charge in [0.2, 0.25) is 0 Å². The molecule has 154 valence electrons. The number of ether oxygens (including phenoxy) is 1. The van der Waals surface area contributed by atoms with Crippen LogP contribution in [0.15, 0.2) is 48.6 Å². The van der Waals surface area contributed by atoms with Gasteiger partial charge >= 0.3 is 0 Å². The number of rotatable bonds is 10. The van der Waals surface area contributed by atoms with Gasteiger partial charge in [0.1, 0.15) is 0 Å². The van der Waals surface area contributed by atoms with E-state index in [0.717, 1.165) is 37.9 Å². The van der Waals surface area contributed by atoms with Crippen LogP contribution < -0.4 is 0 Å². The minimum absolute atomic E-state index is 0.210. The quantitative estimate of drug-likeness (QED) is 0.376. The van der Waals surface area contributed by atoms with Crippen molar-refractivity contribution in [2.24, 2.45) is 17.3 Å². The minimum Gasteiger partial charge on any atom is -0.381 e. The Morgan fingerprint density at radius 1 is 0.964 bits per heavy atom. The van der Waals surface area contributed by atoms with E-state index in [2.05, 4.69) is 62.4 Å². The van der Waals surface area contributed by atoms with Crippen LogP contribution in [0, 0.1) is 17.3 Å². The lowest BCUT2D eigenvalue weighted by Gasteiger charge is -2.43. The maximum Gasteiger partial charge on any atom is 0.0562 e. The van der Waals surface area contributed by atoms with E-state index < -0.39 is 0 Å². The summed E-state index contributed by atoms with van der Waals surface area (Å²) in [6, 6.07) is 10.8. The third kappa shape index (κ3) is 5.60. The Bertz CT molecular complexity index is 621. The van der Waals surface area contributed by atoms with Crippen molar-refractivity contribution >= 4 is 5.57 Å². The largest absolute Gasteiger partial charge is 0.381 e. The first-order valence-corrected chi connectivity index (χ1v) is 11.8. The molecule has 0 amide bonds. The molecule has 2 aliphatic rings. The van der Waals surface area contributed by atoms with Gasteiger partial charge in [0.25, 0.3) is 0 Å². The number of benzene rings is 1. The standard InChI is InChI=1S/C27H40O/c1-3-5-7-10-23-13-15-26(16-14-23)27(22-28-21-4-2)19-17-25(18-20-27)24-11-8-6-9-12-24/h6,8-9,11-12,17-19,23,26H,3-5,7,10,13-16,20-22H2,1-2H3. The summed E-state index contributed by atoms with van der Waals surface area (Å²) in [5, 5.41) is 0. The van der Waals surface area contributed by atoms with Gasteiger partial charge in [-0.3, -0.25) is 0 Å². The Hall–Kier alpha value is -1.34. The van der Waals surface area contributed by atoms with Crippen molar-refractivity contribution in [1.82, 2.24) is 0 Å². The van der Waals surface area contributed by atoms with Crippen LogP contribution in [0.1, 0.15) is 83.6 Å². The maximum absolute atomic E-state index is 6.15. The van der Waals surface area contributed by atoms with E-state index >= 15 is 0 Å². The lowest BCUT2D eigenvalue weighted by molar-refractivity contribution is 0.0191. The Labute approximate surface area is 173 Å². The van der Waals surface area contributed by atoms with E-state index in [1.165, 1.54) is 62.5 Å². The zero-order valence-corrected chi connectivity index (χ0v) is 18.2. The minimum atomic E-state index is 0.210. The molecule has 28 heavy (non-hydrogen) atoms. The van der Waals surface area contributed by atoms with Crippen molar-refractivity contribution in [3.05, 3.63) is 54.1 Å². The summed E-state index contributed by atoms with van der Waals surface area (Å²) in [5.74, 6) is 1.75. The molecule has 1 saturated carbocycles. The second kappa shape index (κ2) is 11.0. The average molecular weight is 381 g/mol. The highest BCUT2D eigenvalue weighted by atomic mass is 16.5. The van der Waals surface area contributed by atoms with Crippen molar-refractivity contribution in [1.29, 1.82) is 0 Å². The lowest BCUT2D eigenvalue weighted by Crippen LogP contribution is -2.37. The van der Waals surface area contributed by atoms with Gasteiger partial charge in [-0.1, -0.05) is 101 Å². The van der Waals surface area contributed by atoms with E-state index in [0.29, 0.717) is 0 Å². The number of hydrogen-bond donors (Lipinski definition) is 0. The molecule has 1 aromatic carbocycles. The van der Waals surface area contributed by atoms with Crippen LogP contribution in [0.3, 0.4) is 0 Å². The molecule has 1 aromatic rings. The van der Waals surface area contributed by atoms with E-state index in [9.17, 15) is 0 Å². The third-order valence-electron chi connectivity index (χ3n) is 7.00. The molecule has 1 fully saturated rings. The summed E-state index contributed by atoms with van der Waals surface area (Å²) in [7, 11) is 0. The van der Waals surface area contributed by atoms with Crippen LogP contribution >= 0.6 is 0 Å². The number of hydrogen-bond acceptors (Lipinski definition) is 1. The molecule has 1 unspecified atom stereocenters. The predicted octanol–water partition coefficient (Wildman–Crippen LogP) is 7.83. The second-order valence-corrected chi connectivity index (χ2v) is 9.06. The fourth-order valence-corrected chi connectivity index (χ4v) is 5.18. The van der Waals surface area contributed by atoms with Crippen molar-refractivity contribution in [3.8, 4) is 0 Å². The van der Waals surface area contributed by atoms with Gasteiger partial charge in [0.15, 0.2) is 0 Å². The van der Waals surface area contributed by atoms with Gasteiger partial charge in [-0.15, -0.1) is 0 Å². The molecule has 0 N–H and O–H groups in total. The highest BCUT2D eigenvalue weighted by Gasteiger charge is 2.39.